The number of carboxylic acids is 1. The summed E-state index contributed by atoms with van der Waals surface area (Å²) in [6.07, 6.45) is -19.6. The topological polar surface area (TPSA) is 408 Å². The minimum Gasteiger partial charge on any atom is -0.479 e. The molecule has 4 saturated carbocycles. The van der Waals surface area contributed by atoms with E-state index in [1.54, 1.807) is 39.8 Å². The predicted molar refractivity (Wildman–Crippen MR) is 293 cm³/mol. The van der Waals surface area contributed by atoms with E-state index in [2.05, 4.69) is 26.8 Å². The van der Waals surface area contributed by atoms with E-state index in [0.29, 0.717) is 30.4 Å². The van der Waals surface area contributed by atoms with Gasteiger partial charge in [-0.3, -0.25) is 0 Å². The maximum Gasteiger partial charge on any atom is 0.335 e. The standard InChI is InChI=1S/C40H62O9.C18H30O16.CH4/c1-11-22(3)33(46)48-31-32(49-34(47)23(4)12-2)40(21-42)25(19-35(31,5)6)24-13-14-27-36(7)17-16-28(43)37(8,20-41)26(36)15-18-38(27,9)39(24,10)29(44)30(40)45;1-29-18-14(34-17-10(25)8(23)6(21)4(2-19)30-17)12(11(26)13(33-18)15(27)28)32-16-9(24)7(22)5(3-20)31-16;/h11-13,25-32,41-45H,14-21H2,1-10H3;4-14,16-26H,2-3H2,1H3,(H,27,28);1H4/b22-11-,23-12-;;/t25?,26?,27?,28-,29-,30+,31-,32-,36-,37+,38+,39-,40-;4?,5-,6+,7?,8+,9-,10?,11-,12+,13?,14?,16-,17-,18+;/m00./s1. The van der Waals surface area contributed by atoms with Gasteiger partial charge in [-0.15, -0.1) is 0 Å². The van der Waals surface area contributed by atoms with Crippen LogP contribution in [-0.2, 0) is 52.3 Å². The molecular weight excluding hydrogens is 1110 g/mol. The van der Waals surface area contributed by atoms with Gasteiger partial charge in [-0.05, 0) is 94.8 Å². The van der Waals surface area contributed by atoms with Crippen LogP contribution >= 0.6 is 0 Å². The number of allylic oxidation sites excluding steroid dienone is 3. The number of carboxylic acid groups (broad SMARTS) is 1. The summed E-state index contributed by atoms with van der Waals surface area (Å²) in [6.45, 7) is 17.1. The van der Waals surface area contributed by atoms with Gasteiger partial charge in [0.25, 0.3) is 0 Å². The van der Waals surface area contributed by atoms with E-state index in [0.717, 1.165) is 31.9 Å². The van der Waals surface area contributed by atoms with Crippen LogP contribution in [-0.4, -0.2) is 239 Å². The lowest BCUT2D eigenvalue weighted by atomic mass is 9.32. The van der Waals surface area contributed by atoms with Gasteiger partial charge >= 0.3 is 17.9 Å². The van der Waals surface area contributed by atoms with Crippen LogP contribution in [0.25, 0.3) is 0 Å². The molecule has 5 aliphatic carbocycles. The second-order valence-corrected chi connectivity index (χ2v) is 26.0. The number of hydrogen-bond donors (Lipinski definition) is 14. The molecule has 0 aromatic rings. The highest BCUT2D eigenvalue weighted by Crippen LogP contribution is 2.76. The number of aliphatic hydroxyl groups is 13. The van der Waals surface area contributed by atoms with Crippen molar-refractivity contribution in [2.75, 3.05) is 33.5 Å². The van der Waals surface area contributed by atoms with Crippen molar-refractivity contribution >= 4 is 17.9 Å². The molecule has 84 heavy (non-hydrogen) atoms. The number of rotatable bonds is 14. The van der Waals surface area contributed by atoms with Crippen LogP contribution in [0.3, 0.4) is 0 Å². The van der Waals surface area contributed by atoms with Crippen molar-refractivity contribution in [2.24, 2.45) is 50.2 Å². The Kier molecular flexibility index (Phi) is 21.8. The van der Waals surface area contributed by atoms with Gasteiger partial charge in [0.05, 0.1) is 50.2 Å². The first-order valence-electron chi connectivity index (χ1n) is 28.7. The third kappa shape index (κ3) is 11.3. The molecule has 0 spiro atoms. The van der Waals surface area contributed by atoms with E-state index >= 15 is 0 Å². The normalized spacial score (nSPS) is 48.1. The van der Waals surface area contributed by atoms with Crippen molar-refractivity contribution in [2.45, 2.75) is 232 Å². The highest BCUT2D eigenvalue weighted by Gasteiger charge is 2.76. The fourth-order valence-corrected chi connectivity index (χ4v) is 16.0. The number of carbonyl (C=O) groups is 3. The van der Waals surface area contributed by atoms with Crippen molar-refractivity contribution in [1.82, 2.24) is 0 Å². The van der Waals surface area contributed by atoms with Crippen molar-refractivity contribution in [3.05, 3.63) is 34.9 Å². The molecule has 8 aliphatic rings. The fraction of sp³-hybridized carbons (Fsp3) is 0.847. The third-order valence-corrected chi connectivity index (χ3v) is 21.5. The number of esters is 2. The average Bonchev–Trinajstić information content (AvgIpc) is 0.843. The molecule has 0 aromatic heterocycles. The second kappa shape index (κ2) is 26.1. The smallest absolute Gasteiger partial charge is 0.335 e. The minimum atomic E-state index is -1.97. The summed E-state index contributed by atoms with van der Waals surface area (Å²) in [5.41, 5.74) is -2.90. The molecule has 3 saturated heterocycles. The van der Waals surface area contributed by atoms with Crippen molar-refractivity contribution < 1.29 is 124 Å². The first-order valence-corrected chi connectivity index (χ1v) is 28.7. The van der Waals surface area contributed by atoms with Gasteiger partial charge in [0.1, 0.15) is 67.1 Å². The SMILES string of the molecule is C.C/C=C(/C)C(=O)O[C@H]1[C@H](OC(=O)/C(C)=C\C)[C@@]2(CO)C(CC1(C)C)C1=CCC3[C@@]4(C)CC[C@H](O)[C@](C)(CO)C4CC[C@@]3(C)[C@]1(C)[C@@H](O)[C@H]2O.CO[C@@H]1OC(C(=O)O)[C@@H](O)[C@@H](O[C@@H]2O[C@@H](CO)C(O)[C@@H]2O)C1O[C@@H]1OC(CO)[C@@H](O)[C@@H](O)C1O. The lowest BCUT2D eigenvalue weighted by Crippen LogP contribution is -2.76. The van der Waals surface area contributed by atoms with E-state index in [1.807, 2.05) is 20.8 Å². The van der Waals surface area contributed by atoms with Crippen LogP contribution in [0.4, 0.5) is 0 Å². The van der Waals surface area contributed by atoms with Crippen LogP contribution in [0, 0.1) is 50.2 Å². The number of fused-ring (bicyclic) bond motifs is 7. The Morgan fingerprint density at radius 3 is 1.67 bits per heavy atom. The van der Waals surface area contributed by atoms with Gasteiger partial charge in [-0.25, -0.2) is 14.4 Å². The molecule has 3 aliphatic heterocycles. The predicted octanol–water partition coefficient (Wildman–Crippen LogP) is -0.520. The van der Waals surface area contributed by atoms with Crippen LogP contribution in [0.1, 0.15) is 115 Å². The molecule has 14 N–H and O–H groups in total. The fourth-order valence-electron chi connectivity index (χ4n) is 16.0. The van der Waals surface area contributed by atoms with Crippen molar-refractivity contribution in [3.8, 4) is 0 Å². The molecule has 8 rings (SSSR count). The number of hydrogen-bond acceptors (Lipinski definition) is 24. The molecule has 3 heterocycles. The second-order valence-electron chi connectivity index (χ2n) is 26.0. The zero-order chi connectivity index (χ0) is 62.0. The molecule has 7 fully saturated rings. The molecular formula is C59H96O25. The Morgan fingerprint density at radius 1 is 0.643 bits per heavy atom. The van der Waals surface area contributed by atoms with Crippen molar-refractivity contribution in [3.63, 3.8) is 0 Å². The summed E-state index contributed by atoms with van der Waals surface area (Å²) < 4.78 is 44.4. The number of aliphatic carboxylic acids is 1. The Bertz CT molecular complexity index is 2420. The lowest BCUT2D eigenvalue weighted by molar-refractivity contribution is -0.374. The van der Waals surface area contributed by atoms with Crippen LogP contribution in [0.2, 0.25) is 0 Å². The first-order chi connectivity index (χ1) is 38.8. The molecule has 482 valence electrons. The van der Waals surface area contributed by atoms with Gasteiger partial charge in [0, 0.05) is 34.5 Å². The summed E-state index contributed by atoms with van der Waals surface area (Å²) in [5.74, 6) is -3.15. The lowest BCUT2D eigenvalue weighted by Gasteiger charge is -2.73. The summed E-state index contributed by atoms with van der Waals surface area (Å²) in [5, 5.41) is 147. The van der Waals surface area contributed by atoms with Gasteiger partial charge in [-0.2, -0.15) is 0 Å². The zero-order valence-corrected chi connectivity index (χ0v) is 49.3. The number of ether oxygens (including phenoxy) is 8. The van der Waals surface area contributed by atoms with Gasteiger partial charge < -0.3 is 109 Å². The molecule has 25 nitrogen and oxygen atoms in total. The monoisotopic (exact) mass is 1200 g/mol. The number of aliphatic hydroxyl groups excluding tert-OH is 13. The molecule has 0 bridgehead atoms. The largest absolute Gasteiger partial charge is 0.479 e. The van der Waals surface area contributed by atoms with Gasteiger partial charge in [-0.1, -0.05) is 72.8 Å². The van der Waals surface area contributed by atoms with E-state index in [9.17, 15) is 85.9 Å². The Balaban J connectivity index is 0.000000284. The first kappa shape index (κ1) is 70.0. The van der Waals surface area contributed by atoms with E-state index in [4.69, 9.17) is 37.9 Å². The van der Waals surface area contributed by atoms with Crippen LogP contribution < -0.4 is 0 Å². The highest BCUT2D eigenvalue weighted by atomic mass is 16.8. The Labute approximate surface area is 490 Å². The van der Waals surface area contributed by atoms with E-state index in [-0.39, 0.29) is 31.3 Å². The number of carbonyl (C=O) groups excluding carboxylic acids is 2. The third-order valence-electron chi connectivity index (χ3n) is 21.5. The molecule has 8 unspecified atom stereocenters. The minimum absolute atomic E-state index is 0. The van der Waals surface area contributed by atoms with Gasteiger partial charge in [0.2, 0.25) is 0 Å². The summed E-state index contributed by atoms with van der Waals surface area (Å²) in [4.78, 5) is 38.4. The molecule has 25 heteroatoms. The molecule has 27 atom stereocenters. The van der Waals surface area contributed by atoms with Crippen LogP contribution in [0.15, 0.2) is 34.9 Å². The maximum absolute atomic E-state index is 13.5. The summed E-state index contributed by atoms with van der Waals surface area (Å²) >= 11 is 0. The Hall–Kier alpha value is -3.13. The quantitative estimate of drug-likeness (QED) is 0.0591. The maximum atomic E-state index is 13.5. The molecule has 0 aromatic carbocycles. The molecule has 0 radical (unpaired) electrons. The van der Waals surface area contributed by atoms with Crippen LogP contribution in [0.5, 0.6) is 0 Å². The summed E-state index contributed by atoms with van der Waals surface area (Å²) in [6, 6.07) is 0. The summed E-state index contributed by atoms with van der Waals surface area (Å²) in [7, 11) is 1.11. The zero-order valence-electron chi connectivity index (χ0n) is 49.3. The van der Waals surface area contributed by atoms with E-state index in [1.165, 1.54) is 0 Å². The highest BCUT2D eigenvalue weighted by molar-refractivity contribution is 5.89. The van der Waals surface area contributed by atoms with Gasteiger partial charge in [0.15, 0.2) is 31.1 Å². The Morgan fingerprint density at radius 2 is 1.17 bits per heavy atom. The van der Waals surface area contributed by atoms with E-state index < -0.39 is 187 Å². The molecule has 0 amide bonds. The van der Waals surface area contributed by atoms with Crippen molar-refractivity contribution in [1.29, 1.82) is 0 Å². The average molecular weight is 1210 g/mol. The number of methoxy groups -OCH3 is 1.